The standard InChI is InChI=1S/C19H15ClN6O/c1-10-7-22-9-16(24-10)11-3-4-13(15(20)6-11)14-5-12-8-23-19(21)25-17(12)26(2)18(14)27/h3-9H,1-2H3,(H2,21,23,25). The number of benzene rings is 1. The highest BCUT2D eigenvalue weighted by Gasteiger charge is 2.14. The molecule has 7 nitrogen and oxygen atoms in total. The first kappa shape index (κ1) is 17.1. The van der Waals surface area contributed by atoms with Gasteiger partial charge >= 0.3 is 0 Å². The smallest absolute Gasteiger partial charge is 0.259 e. The van der Waals surface area contributed by atoms with Crippen LogP contribution in [0.2, 0.25) is 5.02 Å². The van der Waals surface area contributed by atoms with E-state index in [0.29, 0.717) is 27.2 Å². The summed E-state index contributed by atoms with van der Waals surface area (Å²) in [6.45, 7) is 1.88. The van der Waals surface area contributed by atoms with Crippen LogP contribution in [0.5, 0.6) is 0 Å². The Balaban J connectivity index is 1.88. The Morgan fingerprint density at radius 2 is 1.89 bits per heavy atom. The fraction of sp³-hybridized carbons (Fsp3) is 0.105. The lowest BCUT2D eigenvalue weighted by Crippen LogP contribution is -2.20. The molecule has 1 aromatic carbocycles. The molecule has 0 aliphatic rings. The molecular formula is C19H15ClN6O. The number of aryl methyl sites for hydroxylation is 2. The summed E-state index contributed by atoms with van der Waals surface area (Å²) >= 11 is 6.51. The predicted molar refractivity (Wildman–Crippen MR) is 105 cm³/mol. The second kappa shape index (κ2) is 6.44. The van der Waals surface area contributed by atoms with Crippen LogP contribution in [-0.4, -0.2) is 24.5 Å². The Bertz CT molecular complexity index is 1250. The molecule has 0 unspecified atom stereocenters. The lowest BCUT2D eigenvalue weighted by atomic mass is 10.0. The average molecular weight is 379 g/mol. The van der Waals surface area contributed by atoms with Crippen molar-refractivity contribution in [1.29, 1.82) is 0 Å². The number of rotatable bonds is 2. The molecule has 0 atom stereocenters. The van der Waals surface area contributed by atoms with Crippen molar-refractivity contribution in [2.24, 2.45) is 7.05 Å². The van der Waals surface area contributed by atoms with Crippen LogP contribution < -0.4 is 11.3 Å². The van der Waals surface area contributed by atoms with Gasteiger partial charge in [-0.2, -0.15) is 4.98 Å². The molecule has 8 heteroatoms. The average Bonchev–Trinajstić information content (AvgIpc) is 2.65. The van der Waals surface area contributed by atoms with E-state index in [1.165, 1.54) is 4.57 Å². The van der Waals surface area contributed by atoms with Crippen molar-refractivity contribution >= 4 is 28.6 Å². The van der Waals surface area contributed by atoms with Crippen LogP contribution in [-0.2, 0) is 7.05 Å². The highest BCUT2D eigenvalue weighted by molar-refractivity contribution is 6.33. The van der Waals surface area contributed by atoms with E-state index in [0.717, 1.165) is 17.0 Å². The molecule has 0 radical (unpaired) electrons. The minimum Gasteiger partial charge on any atom is -0.368 e. The zero-order valence-electron chi connectivity index (χ0n) is 14.6. The summed E-state index contributed by atoms with van der Waals surface area (Å²) < 4.78 is 1.44. The zero-order valence-corrected chi connectivity index (χ0v) is 15.4. The van der Waals surface area contributed by atoms with Crippen molar-refractivity contribution in [2.45, 2.75) is 6.92 Å². The SMILES string of the molecule is Cc1cncc(-c2ccc(-c3cc4cnc(N)nc4n(C)c3=O)c(Cl)c2)n1. The van der Waals surface area contributed by atoms with Gasteiger partial charge in [0.25, 0.3) is 5.56 Å². The molecule has 27 heavy (non-hydrogen) atoms. The molecular weight excluding hydrogens is 364 g/mol. The second-order valence-corrected chi connectivity index (χ2v) is 6.58. The van der Waals surface area contributed by atoms with Gasteiger partial charge in [-0.1, -0.05) is 23.7 Å². The number of hydrogen-bond acceptors (Lipinski definition) is 6. The minimum absolute atomic E-state index is 0.117. The molecule has 2 N–H and O–H groups in total. The van der Waals surface area contributed by atoms with E-state index in [9.17, 15) is 4.79 Å². The maximum atomic E-state index is 12.8. The monoisotopic (exact) mass is 378 g/mol. The van der Waals surface area contributed by atoms with Crippen LogP contribution in [0.3, 0.4) is 0 Å². The number of pyridine rings is 1. The number of fused-ring (bicyclic) bond motifs is 1. The Kier molecular flexibility index (Phi) is 4.08. The number of halogens is 1. The number of nitrogens with two attached hydrogens (primary N) is 1. The normalized spacial score (nSPS) is 11.1. The Morgan fingerprint density at radius 3 is 2.63 bits per heavy atom. The van der Waals surface area contributed by atoms with Gasteiger partial charge in [0.05, 0.1) is 17.6 Å². The van der Waals surface area contributed by atoms with E-state index >= 15 is 0 Å². The van der Waals surface area contributed by atoms with E-state index in [2.05, 4.69) is 19.9 Å². The number of anilines is 1. The van der Waals surface area contributed by atoms with Gasteiger partial charge in [-0.25, -0.2) is 9.97 Å². The molecule has 0 bridgehead atoms. The van der Waals surface area contributed by atoms with E-state index in [1.807, 2.05) is 19.1 Å². The van der Waals surface area contributed by atoms with Gasteiger partial charge < -0.3 is 5.73 Å². The fourth-order valence-electron chi connectivity index (χ4n) is 2.95. The fourth-order valence-corrected chi connectivity index (χ4v) is 3.23. The van der Waals surface area contributed by atoms with E-state index in [4.69, 9.17) is 17.3 Å². The van der Waals surface area contributed by atoms with Crippen molar-refractivity contribution in [3.05, 3.63) is 63.9 Å². The van der Waals surface area contributed by atoms with Crippen LogP contribution in [0.1, 0.15) is 5.69 Å². The van der Waals surface area contributed by atoms with Crippen LogP contribution in [0.25, 0.3) is 33.4 Å². The van der Waals surface area contributed by atoms with Crippen molar-refractivity contribution in [2.75, 3.05) is 5.73 Å². The first-order valence-corrected chi connectivity index (χ1v) is 8.53. The highest BCUT2D eigenvalue weighted by atomic mass is 35.5. The van der Waals surface area contributed by atoms with Gasteiger partial charge in [-0.15, -0.1) is 0 Å². The molecule has 134 valence electrons. The van der Waals surface area contributed by atoms with E-state index in [1.54, 1.807) is 37.8 Å². The largest absolute Gasteiger partial charge is 0.368 e. The van der Waals surface area contributed by atoms with Gasteiger partial charge in [0.15, 0.2) is 0 Å². The summed E-state index contributed by atoms with van der Waals surface area (Å²) in [5, 5.41) is 1.15. The highest BCUT2D eigenvalue weighted by Crippen LogP contribution is 2.31. The lowest BCUT2D eigenvalue weighted by molar-refractivity contribution is 0.888. The van der Waals surface area contributed by atoms with Crippen LogP contribution >= 0.6 is 11.6 Å². The van der Waals surface area contributed by atoms with Gasteiger partial charge in [0.1, 0.15) is 5.65 Å². The zero-order chi connectivity index (χ0) is 19.1. The predicted octanol–water partition coefficient (Wildman–Crippen LogP) is 3.00. The van der Waals surface area contributed by atoms with Crippen LogP contribution in [0.4, 0.5) is 5.95 Å². The number of hydrogen-bond donors (Lipinski definition) is 1. The maximum Gasteiger partial charge on any atom is 0.259 e. The molecule has 0 saturated carbocycles. The minimum atomic E-state index is -0.217. The second-order valence-electron chi connectivity index (χ2n) is 6.17. The van der Waals surface area contributed by atoms with Crippen molar-refractivity contribution in [3.63, 3.8) is 0 Å². The summed E-state index contributed by atoms with van der Waals surface area (Å²) in [6.07, 6.45) is 4.95. The van der Waals surface area contributed by atoms with E-state index < -0.39 is 0 Å². The molecule has 4 rings (SSSR count). The topological polar surface area (TPSA) is 99.6 Å². The van der Waals surface area contributed by atoms with Crippen molar-refractivity contribution < 1.29 is 0 Å². The van der Waals surface area contributed by atoms with Crippen LogP contribution in [0, 0.1) is 6.92 Å². The number of aromatic nitrogens is 5. The first-order chi connectivity index (χ1) is 12.9. The molecule has 3 heterocycles. The molecule has 0 amide bonds. The third-order valence-electron chi connectivity index (χ3n) is 4.28. The molecule has 0 spiro atoms. The van der Waals surface area contributed by atoms with Gasteiger partial charge in [-0.05, 0) is 19.1 Å². The first-order valence-electron chi connectivity index (χ1n) is 8.15. The third kappa shape index (κ3) is 3.02. The lowest BCUT2D eigenvalue weighted by Gasteiger charge is -2.11. The molecule has 0 saturated heterocycles. The Labute approximate surface area is 159 Å². The summed E-state index contributed by atoms with van der Waals surface area (Å²) in [6, 6.07) is 7.18. The quantitative estimate of drug-likeness (QED) is 0.575. The molecule has 0 aliphatic heterocycles. The Hall–Kier alpha value is -3.32. The summed E-state index contributed by atoms with van der Waals surface area (Å²) in [5.41, 5.74) is 9.34. The third-order valence-corrected chi connectivity index (χ3v) is 4.59. The number of nitrogens with zero attached hydrogens (tertiary/aromatic N) is 5. The van der Waals surface area contributed by atoms with Crippen molar-refractivity contribution in [3.8, 4) is 22.4 Å². The summed E-state index contributed by atoms with van der Waals surface area (Å²) in [7, 11) is 1.64. The summed E-state index contributed by atoms with van der Waals surface area (Å²) in [4.78, 5) is 29.6. The molecule has 3 aromatic heterocycles. The summed E-state index contributed by atoms with van der Waals surface area (Å²) in [5.74, 6) is 0.117. The van der Waals surface area contributed by atoms with Crippen molar-refractivity contribution in [1.82, 2.24) is 24.5 Å². The van der Waals surface area contributed by atoms with Gasteiger partial charge in [0, 0.05) is 46.5 Å². The van der Waals surface area contributed by atoms with Gasteiger partial charge in [0.2, 0.25) is 5.95 Å². The molecule has 0 aliphatic carbocycles. The van der Waals surface area contributed by atoms with Crippen LogP contribution in [0.15, 0.2) is 47.7 Å². The van der Waals surface area contributed by atoms with E-state index in [-0.39, 0.29) is 11.5 Å². The molecule has 4 aromatic rings. The maximum absolute atomic E-state index is 12.8. The van der Waals surface area contributed by atoms with Gasteiger partial charge in [-0.3, -0.25) is 14.3 Å². The Morgan fingerprint density at radius 1 is 1.07 bits per heavy atom. The molecule has 0 fully saturated rings. The number of nitrogen functional groups attached to an aromatic ring is 1.